The molecule has 1 N–H and O–H groups in total. The number of rotatable bonds is 19. The molecule has 1 aromatic rings. The number of hydrogen-bond donors (Lipinski definition) is 1. The molecule has 0 heterocycles. The van der Waals surface area contributed by atoms with E-state index in [1.165, 1.54) is 62.3 Å². The van der Waals surface area contributed by atoms with Gasteiger partial charge in [-0.05, 0) is 52.2 Å². The van der Waals surface area contributed by atoms with E-state index in [1.54, 1.807) is 6.07 Å². The van der Waals surface area contributed by atoms with Crippen molar-refractivity contribution in [3.05, 3.63) is 18.2 Å². The summed E-state index contributed by atoms with van der Waals surface area (Å²) >= 11 is 0. The molecule has 0 atom stereocenters. The highest BCUT2D eigenvalue weighted by Crippen LogP contribution is 2.61. The summed E-state index contributed by atoms with van der Waals surface area (Å²) in [6.45, 7) is 14.3. The van der Waals surface area contributed by atoms with E-state index in [0.717, 1.165) is 5.75 Å². The van der Waals surface area contributed by atoms with E-state index >= 15 is 0 Å². The van der Waals surface area contributed by atoms with E-state index in [0.29, 0.717) is 25.6 Å². The van der Waals surface area contributed by atoms with Crippen molar-refractivity contribution in [3.63, 3.8) is 0 Å². The maximum absolute atomic E-state index is 10.5. The van der Waals surface area contributed by atoms with Gasteiger partial charge in [-0.25, -0.2) is 0 Å². The second-order valence-corrected chi connectivity index (χ2v) is 14.9. The molecule has 186 valence electrons. The van der Waals surface area contributed by atoms with Gasteiger partial charge in [0.1, 0.15) is 11.1 Å². The monoisotopic (exact) mass is 487 g/mol. The Hall–Kier alpha value is -0.653. The Morgan fingerprint density at radius 2 is 1.22 bits per heavy atom. The third kappa shape index (κ3) is 8.94. The molecule has 5 nitrogen and oxygen atoms in total. The van der Waals surface area contributed by atoms with Crippen LogP contribution in [0.5, 0.6) is 11.5 Å². The van der Waals surface area contributed by atoms with Crippen molar-refractivity contribution in [2.75, 3.05) is 44.5 Å². The maximum atomic E-state index is 10.5. The van der Waals surface area contributed by atoms with Crippen molar-refractivity contribution in [1.29, 1.82) is 0 Å². The summed E-state index contributed by atoms with van der Waals surface area (Å²) in [6, 6.07) is 5.65. The Morgan fingerprint density at radius 1 is 0.750 bits per heavy atom. The molecule has 7 heteroatoms. The third-order valence-electron chi connectivity index (χ3n) is 5.77. The van der Waals surface area contributed by atoms with Gasteiger partial charge in [-0.2, -0.15) is 0 Å². The van der Waals surface area contributed by atoms with Crippen molar-refractivity contribution >= 4 is 21.4 Å². The standard InChI is InChI=1S/C25H47O5PSi/c1-7-13-18-31(19-14-8-2,20-15-9-3)25-21-23(26)16-17-24(25)27-22-32(28-10-4,29-11-5)30-12-6/h16-17,21H,7-15,18-20,22H2,1-6H3/p+1. The SMILES string of the molecule is CCCC[P+](CCCC)(CCCC)c1cc(O)ccc1OC[Si](OCC)(OCC)OCC. The van der Waals surface area contributed by atoms with Crippen LogP contribution in [0.2, 0.25) is 0 Å². The molecule has 0 spiro atoms. The minimum atomic E-state index is -2.92. The van der Waals surface area contributed by atoms with E-state index in [9.17, 15) is 5.11 Å². The summed E-state index contributed by atoms with van der Waals surface area (Å²) in [7, 11) is -4.41. The number of aromatic hydroxyl groups is 1. The van der Waals surface area contributed by atoms with E-state index < -0.39 is 16.1 Å². The van der Waals surface area contributed by atoms with Crippen molar-refractivity contribution < 1.29 is 23.1 Å². The van der Waals surface area contributed by atoms with Crippen LogP contribution in [0.1, 0.15) is 80.1 Å². The van der Waals surface area contributed by atoms with Crippen LogP contribution < -0.4 is 10.0 Å². The van der Waals surface area contributed by atoms with Crippen molar-refractivity contribution in [3.8, 4) is 11.5 Å². The average Bonchev–Trinajstić information content (AvgIpc) is 2.78. The van der Waals surface area contributed by atoms with Crippen LogP contribution in [0, 0.1) is 0 Å². The summed E-state index contributed by atoms with van der Waals surface area (Å²) in [5.41, 5.74) is 0. The fraction of sp³-hybridized carbons (Fsp3) is 0.760. The molecule has 0 bridgehead atoms. The van der Waals surface area contributed by atoms with Gasteiger partial charge in [0.15, 0.2) is 12.0 Å². The summed E-state index contributed by atoms with van der Waals surface area (Å²) in [4.78, 5) is 0. The molecule has 0 aliphatic heterocycles. The van der Waals surface area contributed by atoms with Crippen LogP contribution in [0.4, 0.5) is 0 Å². The minimum Gasteiger partial charge on any atom is -0.508 e. The number of unbranched alkanes of at least 4 members (excludes halogenated alkanes) is 3. The lowest BCUT2D eigenvalue weighted by molar-refractivity contribution is 0.0542. The first kappa shape index (κ1) is 29.4. The van der Waals surface area contributed by atoms with E-state index in [-0.39, 0.29) is 6.23 Å². The Balaban J connectivity index is 3.38. The second kappa shape index (κ2) is 16.1. The van der Waals surface area contributed by atoms with Crippen LogP contribution in [0.25, 0.3) is 0 Å². The van der Waals surface area contributed by atoms with Crippen LogP contribution in [0.3, 0.4) is 0 Å². The van der Waals surface area contributed by atoms with Crippen molar-refractivity contribution in [2.24, 2.45) is 0 Å². The van der Waals surface area contributed by atoms with E-state index in [4.69, 9.17) is 18.0 Å². The first-order valence-corrected chi connectivity index (χ1v) is 17.0. The number of phenols is 1. The predicted molar refractivity (Wildman–Crippen MR) is 140 cm³/mol. The van der Waals surface area contributed by atoms with E-state index in [1.807, 2.05) is 32.9 Å². The van der Waals surface area contributed by atoms with Gasteiger partial charge in [-0.1, -0.05) is 40.0 Å². The van der Waals surface area contributed by atoms with Gasteiger partial charge in [0.05, 0.1) is 25.7 Å². The van der Waals surface area contributed by atoms with Crippen molar-refractivity contribution in [1.82, 2.24) is 0 Å². The Bertz CT molecular complexity index is 590. The molecule has 0 saturated heterocycles. The first-order chi connectivity index (χ1) is 15.5. The van der Waals surface area contributed by atoms with Gasteiger partial charge in [0, 0.05) is 25.9 Å². The normalized spacial score (nSPS) is 12.3. The van der Waals surface area contributed by atoms with Crippen LogP contribution >= 0.6 is 7.26 Å². The Morgan fingerprint density at radius 3 is 1.62 bits per heavy atom. The molecule has 0 aliphatic carbocycles. The second-order valence-electron chi connectivity index (χ2n) is 8.30. The maximum Gasteiger partial charge on any atom is 0.540 e. The van der Waals surface area contributed by atoms with Crippen molar-refractivity contribution in [2.45, 2.75) is 80.1 Å². The van der Waals surface area contributed by atoms with Crippen LogP contribution in [-0.2, 0) is 13.3 Å². The molecule has 1 rings (SSSR count). The lowest BCUT2D eigenvalue weighted by atomic mass is 10.3. The molecule has 0 fully saturated rings. The van der Waals surface area contributed by atoms with Gasteiger partial charge in [0.2, 0.25) is 0 Å². The molecular formula is C25H48O5PSi+. The quantitative estimate of drug-likeness (QED) is 0.181. The zero-order valence-electron chi connectivity index (χ0n) is 21.5. The fourth-order valence-electron chi connectivity index (χ4n) is 4.15. The molecule has 0 amide bonds. The molecule has 0 radical (unpaired) electrons. The average molecular weight is 488 g/mol. The minimum absolute atomic E-state index is 0.287. The zero-order chi connectivity index (χ0) is 23.9. The van der Waals surface area contributed by atoms with E-state index in [2.05, 4.69) is 20.8 Å². The van der Waals surface area contributed by atoms with Gasteiger partial charge in [0.25, 0.3) is 0 Å². The first-order valence-electron chi connectivity index (χ1n) is 12.7. The summed E-state index contributed by atoms with van der Waals surface area (Å²) in [6.07, 6.45) is 11.1. The number of benzene rings is 1. The van der Waals surface area contributed by atoms with Gasteiger partial charge in [-0.3, -0.25) is 0 Å². The van der Waals surface area contributed by atoms with Crippen LogP contribution in [-0.4, -0.2) is 58.4 Å². The summed E-state index contributed by atoms with van der Waals surface area (Å²) < 4.78 is 24.5. The van der Waals surface area contributed by atoms with Gasteiger partial charge in [-0.15, -0.1) is 0 Å². The zero-order valence-corrected chi connectivity index (χ0v) is 23.3. The third-order valence-corrected chi connectivity index (χ3v) is 13.3. The Labute approximate surface area is 198 Å². The topological polar surface area (TPSA) is 57.2 Å². The molecule has 0 aliphatic rings. The smallest absolute Gasteiger partial charge is 0.508 e. The molecule has 0 unspecified atom stereocenters. The molecule has 0 saturated carbocycles. The number of hydrogen-bond acceptors (Lipinski definition) is 5. The highest BCUT2D eigenvalue weighted by Gasteiger charge is 2.45. The predicted octanol–water partition coefficient (Wildman–Crippen LogP) is 6.40. The fourth-order valence-corrected chi connectivity index (χ4v) is 11.5. The number of ether oxygens (including phenoxy) is 1. The summed E-state index contributed by atoms with van der Waals surface area (Å²) in [5, 5.41) is 11.7. The van der Waals surface area contributed by atoms with Gasteiger partial charge >= 0.3 is 8.80 Å². The lowest BCUT2D eigenvalue weighted by Crippen LogP contribution is -2.52. The largest absolute Gasteiger partial charge is 0.540 e. The van der Waals surface area contributed by atoms with Gasteiger partial charge < -0.3 is 23.1 Å². The number of phenolic OH excluding ortho intramolecular Hbond substituents is 1. The molecule has 1 aromatic carbocycles. The lowest BCUT2D eigenvalue weighted by Gasteiger charge is -2.31. The molecule has 0 aromatic heterocycles. The van der Waals surface area contributed by atoms with Crippen LogP contribution in [0.15, 0.2) is 18.2 Å². The summed E-state index contributed by atoms with van der Waals surface area (Å²) in [5.74, 6) is 1.19. The highest BCUT2D eigenvalue weighted by atomic mass is 31.2. The Kier molecular flexibility index (Phi) is 14.7. The molecule has 32 heavy (non-hydrogen) atoms. The molecular weight excluding hydrogens is 439 g/mol. The highest BCUT2D eigenvalue weighted by molar-refractivity contribution is 7.83.